The summed E-state index contributed by atoms with van der Waals surface area (Å²) in [4.78, 5) is 11.6. The summed E-state index contributed by atoms with van der Waals surface area (Å²) in [6.07, 6.45) is 3.22. The van der Waals surface area contributed by atoms with Gasteiger partial charge < -0.3 is 4.74 Å². The van der Waals surface area contributed by atoms with Gasteiger partial charge in [-0.1, -0.05) is 31.2 Å². The lowest BCUT2D eigenvalue weighted by Crippen LogP contribution is -2.16. The molecule has 0 heterocycles. The molecule has 0 aliphatic carbocycles. The molecule has 1 aromatic carbocycles. The zero-order valence-corrected chi connectivity index (χ0v) is 8.98. The third kappa shape index (κ3) is 3.58. The third-order valence-corrected chi connectivity index (χ3v) is 2.17. The van der Waals surface area contributed by atoms with Gasteiger partial charge in [-0.15, -0.1) is 6.58 Å². The molecular weight excluding hydrogens is 188 g/mol. The van der Waals surface area contributed by atoms with Crippen molar-refractivity contribution in [3.63, 3.8) is 0 Å². The van der Waals surface area contributed by atoms with E-state index in [2.05, 4.69) is 6.58 Å². The molecule has 0 saturated carbocycles. The Morgan fingerprint density at radius 2 is 2.13 bits per heavy atom. The molecule has 0 fully saturated rings. The fraction of sp³-hybridized carbons (Fsp3) is 0.308. The van der Waals surface area contributed by atoms with Crippen molar-refractivity contribution in [3.05, 3.63) is 48.6 Å². The lowest BCUT2D eigenvalue weighted by atomic mass is 10.2. The molecule has 2 heteroatoms. The van der Waals surface area contributed by atoms with Gasteiger partial charge in [0.25, 0.3) is 0 Å². The number of carbonyl (C=O) groups is 1. The van der Waals surface area contributed by atoms with Gasteiger partial charge >= 0.3 is 5.97 Å². The summed E-state index contributed by atoms with van der Waals surface area (Å²) >= 11 is 0. The van der Waals surface area contributed by atoms with E-state index >= 15 is 0 Å². The van der Waals surface area contributed by atoms with Gasteiger partial charge in [0.1, 0.15) is 6.10 Å². The number of esters is 1. The zero-order valence-electron chi connectivity index (χ0n) is 8.98. The van der Waals surface area contributed by atoms with E-state index in [1.807, 2.05) is 25.1 Å². The Morgan fingerprint density at radius 1 is 1.47 bits per heavy atom. The Morgan fingerprint density at radius 3 is 2.67 bits per heavy atom. The minimum absolute atomic E-state index is 0.0600. The Hall–Kier alpha value is -1.57. The average Bonchev–Trinajstić information content (AvgIpc) is 2.29. The van der Waals surface area contributed by atoms with Crippen LogP contribution in [0.4, 0.5) is 0 Å². The molecule has 0 saturated heterocycles. The average molecular weight is 204 g/mol. The van der Waals surface area contributed by atoms with Gasteiger partial charge in [-0.25, -0.2) is 4.79 Å². The van der Waals surface area contributed by atoms with Crippen molar-refractivity contribution in [2.45, 2.75) is 25.9 Å². The van der Waals surface area contributed by atoms with Crippen LogP contribution in [-0.4, -0.2) is 12.1 Å². The lowest BCUT2D eigenvalue weighted by molar-refractivity contribution is 0.0300. The number of benzene rings is 1. The molecule has 0 aliphatic heterocycles. The summed E-state index contributed by atoms with van der Waals surface area (Å²) in [7, 11) is 0. The minimum atomic E-state index is -0.260. The van der Waals surface area contributed by atoms with Crippen LogP contribution in [0.1, 0.15) is 30.1 Å². The van der Waals surface area contributed by atoms with Gasteiger partial charge in [0.15, 0.2) is 0 Å². The molecule has 0 amide bonds. The van der Waals surface area contributed by atoms with Crippen molar-refractivity contribution < 1.29 is 9.53 Å². The van der Waals surface area contributed by atoms with Crippen molar-refractivity contribution in [2.75, 3.05) is 0 Å². The maximum Gasteiger partial charge on any atom is 0.338 e. The first-order valence-corrected chi connectivity index (χ1v) is 5.14. The summed E-state index contributed by atoms with van der Waals surface area (Å²) in [5, 5.41) is 0. The molecule has 80 valence electrons. The van der Waals surface area contributed by atoms with E-state index in [9.17, 15) is 4.79 Å². The van der Waals surface area contributed by atoms with Crippen LogP contribution in [0.15, 0.2) is 43.0 Å². The third-order valence-electron chi connectivity index (χ3n) is 2.17. The molecular formula is C13H16O2. The number of hydrogen-bond donors (Lipinski definition) is 0. The van der Waals surface area contributed by atoms with Gasteiger partial charge in [-0.3, -0.25) is 0 Å². The highest BCUT2D eigenvalue weighted by Gasteiger charge is 2.12. The molecule has 0 aliphatic rings. The zero-order chi connectivity index (χ0) is 11.1. The molecule has 0 bridgehead atoms. The smallest absolute Gasteiger partial charge is 0.338 e. The first kappa shape index (κ1) is 11.5. The summed E-state index contributed by atoms with van der Waals surface area (Å²) < 4.78 is 5.32. The van der Waals surface area contributed by atoms with E-state index in [-0.39, 0.29) is 12.1 Å². The summed E-state index contributed by atoms with van der Waals surface area (Å²) in [5.41, 5.74) is 0.597. The van der Waals surface area contributed by atoms with E-state index in [0.717, 1.165) is 6.42 Å². The molecule has 0 spiro atoms. The van der Waals surface area contributed by atoms with Crippen molar-refractivity contribution in [1.82, 2.24) is 0 Å². The van der Waals surface area contributed by atoms with E-state index < -0.39 is 0 Å². The van der Waals surface area contributed by atoms with Crippen molar-refractivity contribution >= 4 is 5.97 Å². The van der Waals surface area contributed by atoms with Crippen LogP contribution in [0.2, 0.25) is 0 Å². The first-order chi connectivity index (χ1) is 7.27. The molecule has 15 heavy (non-hydrogen) atoms. The van der Waals surface area contributed by atoms with Crippen molar-refractivity contribution in [2.24, 2.45) is 0 Å². The fourth-order valence-corrected chi connectivity index (χ4v) is 1.28. The molecule has 0 radical (unpaired) electrons. The quantitative estimate of drug-likeness (QED) is 0.544. The van der Waals surface area contributed by atoms with Crippen LogP contribution >= 0.6 is 0 Å². The summed E-state index contributed by atoms with van der Waals surface area (Å²) in [6, 6.07) is 9.03. The van der Waals surface area contributed by atoms with E-state index in [1.165, 1.54) is 0 Å². The molecule has 1 rings (SSSR count). The lowest BCUT2D eigenvalue weighted by Gasteiger charge is -2.13. The molecule has 2 nitrogen and oxygen atoms in total. The van der Waals surface area contributed by atoms with Crippen LogP contribution in [0.3, 0.4) is 0 Å². The summed E-state index contributed by atoms with van der Waals surface area (Å²) in [5.74, 6) is -0.260. The van der Waals surface area contributed by atoms with Crippen LogP contribution < -0.4 is 0 Å². The molecule has 1 aromatic rings. The van der Waals surface area contributed by atoms with Gasteiger partial charge in [-0.2, -0.15) is 0 Å². The van der Waals surface area contributed by atoms with Gasteiger partial charge in [-0.05, 0) is 18.6 Å². The Bertz CT molecular complexity index is 317. The molecule has 0 N–H and O–H groups in total. The second kappa shape index (κ2) is 6.02. The fourth-order valence-electron chi connectivity index (χ4n) is 1.28. The molecule has 1 unspecified atom stereocenters. The number of carbonyl (C=O) groups excluding carboxylic acids is 1. The Labute approximate surface area is 90.6 Å². The van der Waals surface area contributed by atoms with E-state index in [0.29, 0.717) is 12.0 Å². The SMILES string of the molecule is C=CCC(CC)OC(=O)c1ccccc1. The highest BCUT2D eigenvalue weighted by Crippen LogP contribution is 2.09. The van der Waals surface area contributed by atoms with Crippen LogP contribution in [0.25, 0.3) is 0 Å². The number of rotatable bonds is 5. The van der Waals surface area contributed by atoms with Crippen LogP contribution in [0, 0.1) is 0 Å². The standard InChI is InChI=1S/C13H16O2/c1-3-8-12(4-2)15-13(14)11-9-6-5-7-10-11/h3,5-7,9-10,12H,1,4,8H2,2H3. The van der Waals surface area contributed by atoms with Gasteiger partial charge in [0.2, 0.25) is 0 Å². The minimum Gasteiger partial charge on any atom is -0.458 e. The highest BCUT2D eigenvalue weighted by atomic mass is 16.5. The monoisotopic (exact) mass is 204 g/mol. The second-order valence-corrected chi connectivity index (χ2v) is 3.33. The van der Waals surface area contributed by atoms with Gasteiger partial charge in [0, 0.05) is 6.42 Å². The van der Waals surface area contributed by atoms with Crippen molar-refractivity contribution in [3.8, 4) is 0 Å². The Kier molecular flexibility index (Phi) is 4.61. The summed E-state index contributed by atoms with van der Waals surface area (Å²) in [6.45, 7) is 5.63. The normalized spacial score (nSPS) is 11.8. The van der Waals surface area contributed by atoms with Crippen LogP contribution in [0.5, 0.6) is 0 Å². The first-order valence-electron chi connectivity index (χ1n) is 5.14. The second-order valence-electron chi connectivity index (χ2n) is 3.33. The highest BCUT2D eigenvalue weighted by molar-refractivity contribution is 5.89. The molecule has 1 atom stereocenters. The topological polar surface area (TPSA) is 26.3 Å². The van der Waals surface area contributed by atoms with Crippen molar-refractivity contribution in [1.29, 1.82) is 0 Å². The Balaban J connectivity index is 2.58. The largest absolute Gasteiger partial charge is 0.458 e. The van der Waals surface area contributed by atoms with E-state index in [1.54, 1.807) is 18.2 Å². The van der Waals surface area contributed by atoms with Gasteiger partial charge in [0.05, 0.1) is 5.56 Å². The predicted molar refractivity (Wildman–Crippen MR) is 60.8 cm³/mol. The van der Waals surface area contributed by atoms with E-state index in [4.69, 9.17) is 4.74 Å². The van der Waals surface area contributed by atoms with Crippen LogP contribution in [-0.2, 0) is 4.74 Å². The maximum absolute atomic E-state index is 11.6. The predicted octanol–water partition coefficient (Wildman–Crippen LogP) is 3.20. The number of ether oxygens (including phenoxy) is 1. The maximum atomic E-state index is 11.6. The molecule has 0 aromatic heterocycles. The number of hydrogen-bond acceptors (Lipinski definition) is 2.